The average molecular weight is 331 g/mol. The molecule has 2 aromatic rings. The second kappa shape index (κ2) is 7.37. The summed E-state index contributed by atoms with van der Waals surface area (Å²) in [6.07, 6.45) is 0.456. The van der Waals surface area contributed by atoms with Gasteiger partial charge in [0.25, 0.3) is 0 Å². The van der Waals surface area contributed by atoms with Crippen LogP contribution in [0.2, 0.25) is 0 Å². The van der Waals surface area contributed by atoms with Gasteiger partial charge in [0, 0.05) is 12.0 Å². The van der Waals surface area contributed by atoms with E-state index in [-0.39, 0.29) is 11.7 Å². The number of amides is 1. The number of hydrogen-bond acceptors (Lipinski definition) is 5. The molecule has 23 heavy (non-hydrogen) atoms. The van der Waals surface area contributed by atoms with Gasteiger partial charge >= 0.3 is 0 Å². The van der Waals surface area contributed by atoms with Crippen LogP contribution in [-0.2, 0) is 4.79 Å². The van der Waals surface area contributed by atoms with Crippen molar-refractivity contribution >= 4 is 23.0 Å². The normalized spacial score (nSPS) is 11.8. The van der Waals surface area contributed by atoms with Crippen LogP contribution < -0.4 is 5.43 Å². The molecule has 6 heteroatoms. The van der Waals surface area contributed by atoms with E-state index in [4.69, 9.17) is 0 Å². The van der Waals surface area contributed by atoms with E-state index >= 15 is 0 Å². The van der Waals surface area contributed by atoms with Gasteiger partial charge in [-0.2, -0.15) is 5.10 Å². The van der Waals surface area contributed by atoms with E-state index in [9.17, 15) is 9.90 Å². The Morgan fingerprint density at radius 1 is 1.35 bits per heavy atom. The highest BCUT2D eigenvalue weighted by atomic mass is 32.1. The van der Waals surface area contributed by atoms with Crippen molar-refractivity contribution in [2.45, 2.75) is 34.1 Å². The zero-order valence-corrected chi connectivity index (χ0v) is 14.6. The van der Waals surface area contributed by atoms with Gasteiger partial charge in [-0.05, 0) is 44.0 Å². The van der Waals surface area contributed by atoms with Gasteiger partial charge in [0.05, 0.1) is 16.3 Å². The summed E-state index contributed by atoms with van der Waals surface area (Å²) in [7, 11) is 0. The Balaban J connectivity index is 2.17. The molecule has 2 rings (SSSR count). The third kappa shape index (κ3) is 4.63. The summed E-state index contributed by atoms with van der Waals surface area (Å²) in [6.45, 7) is 7.77. The summed E-state index contributed by atoms with van der Waals surface area (Å²) >= 11 is 1.52. The maximum Gasteiger partial charge on any atom is 0.240 e. The van der Waals surface area contributed by atoms with Gasteiger partial charge in [-0.15, -0.1) is 11.3 Å². The lowest BCUT2D eigenvalue weighted by Crippen LogP contribution is -2.20. The first kappa shape index (κ1) is 17.1. The molecule has 0 bridgehead atoms. The predicted octanol–water partition coefficient (Wildman–Crippen LogP) is 3.71. The zero-order valence-electron chi connectivity index (χ0n) is 13.8. The molecule has 0 saturated carbocycles. The summed E-state index contributed by atoms with van der Waals surface area (Å²) in [5, 5.41) is 14.4. The fourth-order valence-corrected chi connectivity index (χ4v) is 3.09. The molecule has 1 aromatic carbocycles. The van der Waals surface area contributed by atoms with Crippen LogP contribution in [0.4, 0.5) is 0 Å². The second-order valence-corrected chi connectivity index (χ2v) is 6.81. The molecule has 5 nitrogen and oxygen atoms in total. The quantitative estimate of drug-likeness (QED) is 0.648. The van der Waals surface area contributed by atoms with Crippen molar-refractivity contribution in [3.8, 4) is 16.3 Å². The molecule has 1 amide bonds. The van der Waals surface area contributed by atoms with Gasteiger partial charge in [-0.3, -0.25) is 4.79 Å². The summed E-state index contributed by atoms with van der Waals surface area (Å²) in [6, 6.07) is 6.93. The number of aromatic hydroxyl groups is 1. The summed E-state index contributed by atoms with van der Waals surface area (Å²) in [5.74, 6) is 0.449. The first-order valence-corrected chi connectivity index (χ1v) is 8.28. The Hall–Kier alpha value is -2.21. The van der Waals surface area contributed by atoms with Gasteiger partial charge in [0.1, 0.15) is 10.8 Å². The number of nitrogens with zero attached hydrogens (tertiary/aromatic N) is 2. The number of thiazole rings is 1. The molecular weight excluding hydrogens is 310 g/mol. The van der Waals surface area contributed by atoms with E-state index in [1.807, 2.05) is 39.8 Å². The molecule has 1 heterocycles. The van der Waals surface area contributed by atoms with Crippen LogP contribution in [-0.4, -0.2) is 21.7 Å². The highest BCUT2D eigenvalue weighted by molar-refractivity contribution is 7.17. The Kier molecular flexibility index (Phi) is 5.50. The van der Waals surface area contributed by atoms with Gasteiger partial charge in [-0.25, -0.2) is 10.4 Å². The minimum absolute atomic E-state index is 0.0831. The molecule has 0 aliphatic heterocycles. The molecule has 0 radical (unpaired) electrons. The van der Waals surface area contributed by atoms with Crippen molar-refractivity contribution in [2.75, 3.05) is 0 Å². The molecular formula is C17H21N3O2S. The number of phenolic OH excluding ortho intramolecular Hbond substituents is 1. The average Bonchev–Trinajstić information content (AvgIpc) is 2.87. The van der Waals surface area contributed by atoms with Crippen LogP contribution in [0.3, 0.4) is 0 Å². The number of phenols is 1. The Morgan fingerprint density at radius 3 is 2.61 bits per heavy atom. The summed E-state index contributed by atoms with van der Waals surface area (Å²) in [4.78, 5) is 17.2. The third-order valence-corrected chi connectivity index (χ3v) is 4.50. The third-order valence-electron chi connectivity index (χ3n) is 3.18. The smallest absolute Gasteiger partial charge is 0.240 e. The Bertz CT molecular complexity index is 718. The first-order chi connectivity index (χ1) is 10.9. The van der Waals surface area contributed by atoms with Crippen molar-refractivity contribution in [2.24, 2.45) is 11.0 Å². The highest BCUT2D eigenvalue weighted by Crippen LogP contribution is 2.29. The van der Waals surface area contributed by atoms with Gasteiger partial charge < -0.3 is 5.11 Å². The monoisotopic (exact) mass is 331 g/mol. The van der Waals surface area contributed by atoms with Crippen LogP contribution in [0.25, 0.3) is 10.6 Å². The second-order valence-electron chi connectivity index (χ2n) is 5.81. The molecule has 0 fully saturated rings. The van der Waals surface area contributed by atoms with E-state index in [1.54, 1.807) is 12.1 Å². The maximum absolute atomic E-state index is 11.7. The number of aromatic nitrogens is 1. The van der Waals surface area contributed by atoms with Crippen LogP contribution in [0.1, 0.15) is 37.8 Å². The predicted molar refractivity (Wildman–Crippen MR) is 93.8 cm³/mol. The van der Waals surface area contributed by atoms with Gasteiger partial charge in [-0.1, -0.05) is 13.8 Å². The number of hydrazone groups is 1. The van der Waals surface area contributed by atoms with E-state index in [0.717, 1.165) is 26.9 Å². The molecule has 0 spiro atoms. The molecule has 0 unspecified atom stereocenters. The summed E-state index contributed by atoms with van der Waals surface area (Å²) in [5.41, 5.74) is 5.14. The molecule has 0 atom stereocenters. The van der Waals surface area contributed by atoms with Gasteiger partial charge in [0.2, 0.25) is 5.91 Å². The van der Waals surface area contributed by atoms with E-state index in [1.165, 1.54) is 11.3 Å². The van der Waals surface area contributed by atoms with Crippen LogP contribution >= 0.6 is 11.3 Å². The number of aryl methyl sites for hydroxylation is 1. The lowest BCUT2D eigenvalue weighted by molar-refractivity contribution is -0.121. The van der Waals surface area contributed by atoms with Crippen molar-refractivity contribution in [1.29, 1.82) is 0 Å². The topological polar surface area (TPSA) is 74.6 Å². The van der Waals surface area contributed by atoms with E-state index < -0.39 is 0 Å². The fourth-order valence-electron chi connectivity index (χ4n) is 2.07. The Morgan fingerprint density at radius 2 is 2.00 bits per heavy atom. The minimum atomic E-state index is -0.0831. The number of hydrogen-bond donors (Lipinski definition) is 2. The largest absolute Gasteiger partial charge is 0.508 e. The molecule has 122 valence electrons. The number of carbonyl (C=O) groups is 1. The van der Waals surface area contributed by atoms with Crippen LogP contribution in [0, 0.1) is 12.8 Å². The maximum atomic E-state index is 11.7. The zero-order chi connectivity index (χ0) is 17.0. The van der Waals surface area contributed by atoms with E-state index in [0.29, 0.717) is 12.3 Å². The van der Waals surface area contributed by atoms with Crippen molar-refractivity contribution in [3.05, 3.63) is 34.8 Å². The molecule has 0 aliphatic carbocycles. The minimum Gasteiger partial charge on any atom is -0.508 e. The number of benzene rings is 1. The SMILES string of the molecule is C/C(=N\NC(=O)CC(C)C)c1sc(-c2ccc(O)cc2)nc1C. The summed E-state index contributed by atoms with van der Waals surface area (Å²) < 4.78 is 0. The van der Waals surface area contributed by atoms with Crippen LogP contribution in [0.15, 0.2) is 29.4 Å². The lowest BCUT2D eigenvalue weighted by atomic mass is 10.1. The molecule has 1 aromatic heterocycles. The molecule has 0 saturated heterocycles. The lowest BCUT2D eigenvalue weighted by Gasteiger charge is -2.03. The number of carbonyl (C=O) groups excluding carboxylic acids is 1. The number of nitrogens with one attached hydrogen (secondary N) is 1. The van der Waals surface area contributed by atoms with Crippen molar-refractivity contribution < 1.29 is 9.90 Å². The van der Waals surface area contributed by atoms with Crippen LogP contribution in [0.5, 0.6) is 5.75 Å². The highest BCUT2D eigenvalue weighted by Gasteiger charge is 2.12. The van der Waals surface area contributed by atoms with E-state index in [2.05, 4.69) is 15.5 Å². The van der Waals surface area contributed by atoms with Crippen molar-refractivity contribution in [3.63, 3.8) is 0 Å². The standard InChI is InChI=1S/C17H21N3O2S/c1-10(2)9-15(22)20-19-12(4)16-11(3)18-17(23-16)13-5-7-14(21)8-6-13/h5-8,10,21H,9H2,1-4H3,(H,20,22)/b19-12+. The molecule has 0 aliphatic rings. The number of rotatable bonds is 5. The fraction of sp³-hybridized carbons (Fsp3) is 0.353. The van der Waals surface area contributed by atoms with Crippen molar-refractivity contribution in [1.82, 2.24) is 10.4 Å². The van der Waals surface area contributed by atoms with Gasteiger partial charge in [0.15, 0.2) is 0 Å². The molecule has 2 N–H and O–H groups in total. The first-order valence-electron chi connectivity index (χ1n) is 7.47. The Labute approximate surface area is 140 Å².